The van der Waals surface area contributed by atoms with Gasteiger partial charge in [0.2, 0.25) is 23.6 Å². The molecule has 1 heterocycles. The summed E-state index contributed by atoms with van der Waals surface area (Å²) in [6, 6.07) is 1.26. The van der Waals surface area contributed by atoms with Crippen LogP contribution in [0.2, 0.25) is 0 Å². The average molecular weight is 633 g/mol. The molecular formula is C32H52N6O7. The van der Waals surface area contributed by atoms with E-state index in [2.05, 4.69) is 16.0 Å². The molecule has 0 saturated carbocycles. The Morgan fingerprint density at radius 1 is 0.889 bits per heavy atom. The number of hydrogen-bond acceptors (Lipinski definition) is 8. The molecule has 13 heteroatoms. The molecule has 1 aromatic carbocycles. The maximum Gasteiger partial charge on any atom is 0.326 e. The number of likely N-dealkylation sites (tertiary alicyclic amines) is 1. The molecule has 2 rings (SSSR count). The second kappa shape index (κ2) is 18.3. The van der Waals surface area contributed by atoms with Crippen LogP contribution in [0, 0.1) is 11.8 Å². The predicted octanol–water partition coefficient (Wildman–Crippen LogP) is 1.01. The van der Waals surface area contributed by atoms with E-state index in [1.54, 1.807) is 12.1 Å². The summed E-state index contributed by atoms with van der Waals surface area (Å²) in [5.74, 6) is -2.96. The lowest BCUT2D eigenvalue weighted by Gasteiger charge is -2.31. The maximum atomic E-state index is 13.8. The van der Waals surface area contributed by atoms with Crippen molar-refractivity contribution < 1.29 is 34.2 Å². The molecule has 1 aliphatic rings. The van der Waals surface area contributed by atoms with Crippen LogP contribution in [0.25, 0.3) is 0 Å². The van der Waals surface area contributed by atoms with Gasteiger partial charge in [0.15, 0.2) is 0 Å². The number of nitrogens with two attached hydrogens (primary N) is 2. The summed E-state index contributed by atoms with van der Waals surface area (Å²) in [4.78, 5) is 67.0. The molecule has 9 N–H and O–H groups in total. The first-order chi connectivity index (χ1) is 21.2. The molecule has 13 nitrogen and oxygen atoms in total. The molecule has 0 unspecified atom stereocenters. The average Bonchev–Trinajstić information content (AvgIpc) is 3.46. The SMILES string of the molecule is CC(C)C[C@H](NC(=O)[C@@H](N)CC(C)C)C(=O)N1CCC[C@H]1C(=O)N[C@@H](Cc1ccc(O)cc1)C(=O)N[C@@H](CCCCN)C(=O)O. The third-order valence-corrected chi connectivity index (χ3v) is 7.79. The lowest BCUT2D eigenvalue weighted by Crippen LogP contribution is -2.58. The monoisotopic (exact) mass is 632 g/mol. The van der Waals surface area contributed by atoms with Gasteiger partial charge in [-0.3, -0.25) is 19.2 Å². The third kappa shape index (κ3) is 12.3. The van der Waals surface area contributed by atoms with Gasteiger partial charge in [0.25, 0.3) is 0 Å². The molecule has 1 aromatic rings. The van der Waals surface area contributed by atoms with Gasteiger partial charge in [-0.2, -0.15) is 0 Å². The summed E-state index contributed by atoms with van der Waals surface area (Å²) in [7, 11) is 0. The first kappa shape index (κ1) is 37.5. The minimum absolute atomic E-state index is 0.0213. The van der Waals surface area contributed by atoms with Gasteiger partial charge in [-0.25, -0.2) is 4.79 Å². The number of phenols is 1. The van der Waals surface area contributed by atoms with Crippen molar-refractivity contribution in [2.45, 2.75) is 109 Å². The smallest absolute Gasteiger partial charge is 0.326 e. The summed E-state index contributed by atoms with van der Waals surface area (Å²) in [6.07, 6.45) is 3.02. The fourth-order valence-corrected chi connectivity index (χ4v) is 5.46. The van der Waals surface area contributed by atoms with Crippen molar-refractivity contribution >= 4 is 29.6 Å². The maximum absolute atomic E-state index is 13.8. The van der Waals surface area contributed by atoms with Gasteiger partial charge in [-0.15, -0.1) is 0 Å². The molecule has 0 aliphatic carbocycles. The Kier molecular flexibility index (Phi) is 15.2. The van der Waals surface area contributed by atoms with Gasteiger partial charge < -0.3 is 42.5 Å². The molecule has 252 valence electrons. The molecule has 0 radical (unpaired) electrons. The van der Waals surface area contributed by atoms with E-state index < -0.39 is 59.8 Å². The second-order valence-electron chi connectivity index (χ2n) is 12.7. The van der Waals surface area contributed by atoms with Crippen LogP contribution in [0.1, 0.15) is 78.2 Å². The highest BCUT2D eigenvalue weighted by atomic mass is 16.4. The van der Waals surface area contributed by atoms with Crippen molar-refractivity contribution in [1.29, 1.82) is 0 Å². The van der Waals surface area contributed by atoms with E-state index in [0.717, 1.165) is 0 Å². The zero-order valence-corrected chi connectivity index (χ0v) is 27.0. The third-order valence-electron chi connectivity index (χ3n) is 7.79. The summed E-state index contributed by atoms with van der Waals surface area (Å²) in [6.45, 7) is 8.47. The molecular weight excluding hydrogens is 580 g/mol. The number of aromatic hydroxyl groups is 1. The molecule has 1 aliphatic heterocycles. The van der Waals surface area contributed by atoms with Gasteiger partial charge in [-0.05, 0) is 81.0 Å². The molecule has 1 saturated heterocycles. The summed E-state index contributed by atoms with van der Waals surface area (Å²) >= 11 is 0. The van der Waals surface area contributed by atoms with Crippen molar-refractivity contribution in [2.75, 3.05) is 13.1 Å². The summed E-state index contributed by atoms with van der Waals surface area (Å²) < 4.78 is 0. The normalized spacial score (nSPS) is 17.4. The number of aliphatic carboxylic acids is 1. The molecule has 45 heavy (non-hydrogen) atoms. The number of benzene rings is 1. The fraction of sp³-hybridized carbons (Fsp3) is 0.656. The molecule has 0 bridgehead atoms. The van der Waals surface area contributed by atoms with Crippen LogP contribution in [0.15, 0.2) is 24.3 Å². The van der Waals surface area contributed by atoms with Gasteiger partial charge in [0.05, 0.1) is 6.04 Å². The second-order valence-corrected chi connectivity index (χ2v) is 12.7. The Bertz CT molecular complexity index is 1140. The van der Waals surface area contributed by atoms with E-state index in [9.17, 15) is 34.2 Å². The van der Waals surface area contributed by atoms with E-state index in [1.807, 2.05) is 27.7 Å². The largest absolute Gasteiger partial charge is 0.508 e. The number of nitrogens with one attached hydrogen (secondary N) is 3. The molecule has 1 fully saturated rings. The van der Waals surface area contributed by atoms with Gasteiger partial charge in [0.1, 0.15) is 29.9 Å². The van der Waals surface area contributed by atoms with Crippen LogP contribution in [0.3, 0.4) is 0 Å². The van der Waals surface area contributed by atoms with Crippen LogP contribution in [0.5, 0.6) is 5.75 Å². The van der Waals surface area contributed by atoms with Gasteiger partial charge >= 0.3 is 5.97 Å². The Balaban J connectivity index is 2.25. The van der Waals surface area contributed by atoms with Crippen LogP contribution in [-0.2, 0) is 30.4 Å². The van der Waals surface area contributed by atoms with Crippen LogP contribution < -0.4 is 27.4 Å². The van der Waals surface area contributed by atoms with E-state index in [1.165, 1.54) is 17.0 Å². The number of nitrogens with zero attached hydrogens (tertiary/aromatic N) is 1. The summed E-state index contributed by atoms with van der Waals surface area (Å²) in [5, 5.41) is 27.5. The Labute approximate surface area is 265 Å². The number of amides is 4. The van der Waals surface area contributed by atoms with Crippen molar-refractivity contribution in [3.63, 3.8) is 0 Å². The number of rotatable bonds is 18. The van der Waals surface area contributed by atoms with Gasteiger partial charge in [-0.1, -0.05) is 39.8 Å². The quantitative estimate of drug-likeness (QED) is 0.115. The van der Waals surface area contributed by atoms with Crippen LogP contribution >= 0.6 is 0 Å². The van der Waals surface area contributed by atoms with Crippen molar-refractivity contribution in [3.05, 3.63) is 29.8 Å². The fourth-order valence-electron chi connectivity index (χ4n) is 5.46. The number of unbranched alkanes of at least 4 members (excludes halogenated alkanes) is 1. The van der Waals surface area contributed by atoms with Crippen molar-refractivity contribution in [3.8, 4) is 5.75 Å². The number of carboxylic acid groups (broad SMARTS) is 1. The zero-order chi connectivity index (χ0) is 33.7. The molecule has 0 aromatic heterocycles. The van der Waals surface area contributed by atoms with Gasteiger partial charge in [0, 0.05) is 13.0 Å². The standard InChI is InChI=1S/C32H52N6O7/c1-19(2)16-23(34)28(40)37-26(17-20(3)4)31(43)38-15-7-9-27(38)30(42)36-25(18-21-10-12-22(39)13-11-21)29(41)35-24(32(44)45)8-5-6-14-33/h10-13,19-20,23-27,39H,5-9,14-18,33-34H2,1-4H3,(H,35,41)(H,36,42)(H,37,40)(H,44,45)/t23-,24-,25-,26-,27-/m0/s1. The Morgan fingerprint density at radius 2 is 1.51 bits per heavy atom. The first-order valence-corrected chi connectivity index (χ1v) is 15.9. The number of carbonyl (C=O) groups excluding carboxylic acids is 4. The van der Waals surface area contributed by atoms with Crippen molar-refractivity contribution in [1.82, 2.24) is 20.9 Å². The Morgan fingerprint density at radius 3 is 2.09 bits per heavy atom. The van der Waals surface area contributed by atoms with E-state index in [-0.39, 0.29) is 30.4 Å². The lowest BCUT2D eigenvalue weighted by atomic mass is 10.00. The number of hydrogen-bond donors (Lipinski definition) is 7. The highest BCUT2D eigenvalue weighted by molar-refractivity contribution is 5.96. The summed E-state index contributed by atoms with van der Waals surface area (Å²) in [5.41, 5.74) is 12.2. The molecule has 5 atom stereocenters. The van der Waals surface area contributed by atoms with Crippen molar-refractivity contribution in [2.24, 2.45) is 23.3 Å². The van der Waals surface area contributed by atoms with Crippen LogP contribution in [-0.4, -0.2) is 88.0 Å². The highest BCUT2D eigenvalue weighted by Crippen LogP contribution is 2.21. The van der Waals surface area contributed by atoms with E-state index in [4.69, 9.17) is 11.5 Å². The minimum Gasteiger partial charge on any atom is -0.508 e. The predicted molar refractivity (Wildman–Crippen MR) is 170 cm³/mol. The van der Waals surface area contributed by atoms with Crippen LogP contribution in [0.4, 0.5) is 0 Å². The number of phenolic OH excluding ortho intramolecular Hbond substituents is 1. The zero-order valence-electron chi connectivity index (χ0n) is 27.0. The molecule has 4 amide bonds. The number of carbonyl (C=O) groups is 5. The topological polar surface area (TPSA) is 217 Å². The van der Waals surface area contributed by atoms with E-state index >= 15 is 0 Å². The highest BCUT2D eigenvalue weighted by Gasteiger charge is 2.39. The Hall–Kier alpha value is -3.71. The lowest BCUT2D eigenvalue weighted by molar-refractivity contribution is -0.143. The minimum atomic E-state index is -1.20. The van der Waals surface area contributed by atoms with E-state index in [0.29, 0.717) is 57.2 Å². The number of carboxylic acids is 1. The molecule has 0 spiro atoms. The first-order valence-electron chi connectivity index (χ1n) is 15.9.